The number of hydrogen-bond donors (Lipinski definition) is 1. The van der Waals surface area contributed by atoms with Crippen molar-refractivity contribution in [3.8, 4) is 0 Å². The summed E-state index contributed by atoms with van der Waals surface area (Å²) < 4.78 is 1.82. The van der Waals surface area contributed by atoms with Crippen LogP contribution >= 0.6 is 0 Å². The molecule has 0 spiro atoms. The van der Waals surface area contributed by atoms with Gasteiger partial charge in [0, 0.05) is 31.8 Å². The second-order valence-corrected chi connectivity index (χ2v) is 6.37. The molecule has 0 unspecified atom stereocenters. The summed E-state index contributed by atoms with van der Waals surface area (Å²) in [6.07, 6.45) is 3.74. The average molecular weight is 308 g/mol. The molecule has 1 aliphatic rings. The van der Waals surface area contributed by atoms with Gasteiger partial charge in [0.1, 0.15) is 5.82 Å². The molecule has 0 aromatic carbocycles. The van der Waals surface area contributed by atoms with Gasteiger partial charge in [-0.05, 0) is 19.3 Å². The van der Waals surface area contributed by atoms with E-state index in [-0.39, 0.29) is 11.8 Å². The van der Waals surface area contributed by atoms with Gasteiger partial charge in [-0.15, -0.1) is 0 Å². The number of likely N-dealkylation sites (tertiary alicyclic amines) is 1. The van der Waals surface area contributed by atoms with Gasteiger partial charge in [0.25, 0.3) is 0 Å². The predicted molar refractivity (Wildman–Crippen MR) is 84.5 cm³/mol. The van der Waals surface area contributed by atoms with Crippen LogP contribution < -0.4 is 0 Å². The van der Waals surface area contributed by atoms with Crippen molar-refractivity contribution < 1.29 is 9.90 Å². The van der Waals surface area contributed by atoms with Crippen LogP contribution in [0.1, 0.15) is 64.0 Å². The highest BCUT2D eigenvalue weighted by Gasteiger charge is 2.20. The largest absolute Gasteiger partial charge is 0.391 e. The fourth-order valence-electron chi connectivity index (χ4n) is 2.63. The standard InChI is InChI=1S/C16H28N4O2/c1-4-13(21)11-20-14(17-16(18-20)12(2)3)8-10-19-9-6-5-7-15(19)22/h12-13,21H,4-11H2,1-3H3/t13-/m0/s1. The van der Waals surface area contributed by atoms with E-state index in [0.29, 0.717) is 32.4 Å². The molecule has 1 atom stereocenters. The quantitative estimate of drug-likeness (QED) is 0.832. The van der Waals surface area contributed by atoms with Gasteiger partial charge in [-0.3, -0.25) is 4.79 Å². The van der Waals surface area contributed by atoms with E-state index in [9.17, 15) is 9.90 Å². The first-order chi connectivity index (χ1) is 10.5. The number of aliphatic hydroxyl groups is 1. The summed E-state index contributed by atoms with van der Waals surface area (Å²) in [5.41, 5.74) is 0. The lowest BCUT2D eigenvalue weighted by Gasteiger charge is -2.26. The Morgan fingerprint density at radius 2 is 2.09 bits per heavy atom. The maximum atomic E-state index is 11.9. The third-order valence-electron chi connectivity index (χ3n) is 4.16. The third-order valence-corrected chi connectivity index (χ3v) is 4.16. The summed E-state index contributed by atoms with van der Waals surface area (Å²) in [5, 5.41) is 14.4. The molecule has 1 amide bonds. The zero-order valence-electron chi connectivity index (χ0n) is 14.0. The zero-order valence-corrected chi connectivity index (χ0v) is 14.0. The molecule has 6 heteroatoms. The first kappa shape index (κ1) is 16.9. The normalized spacial score (nSPS) is 17.3. The van der Waals surface area contributed by atoms with Gasteiger partial charge in [0.15, 0.2) is 5.82 Å². The number of carbonyl (C=O) groups excluding carboxylic acids is 1. The highest BCUT2D eigenvalue weighted by atomic mass is 16.3. The first-order valence-electron chi connectivity index (χ1n) is 8.40. The maximum Gasteiger partial charge on any atom is 0.222 e. The molecule has 22 heavy (non-hydrogen) atoms. The minimum absolute atomic E-state index is 0.245. The van der Waals surface area contributed by atoms with Crippen LogP contribution in [0, 0.1) is 0 Å². The zero-order chi connectivity index (χ0) is 16.1. The van der Waals surface area contributed by atoms with Crippen LogP contribution in [0.5, 0.6) is 0 Å². The Hall–Kier alpha value is -1.43. The van der Waals surface area contributed by atoms with Crippen LogP contribution in [0.15, 0.2) is 0 Å². The number of hydrogen-bond acceptors (Lipinski definition) is 4. The van der Waals surface area contributed by atoms with E-state index in [1.165, 1.54) is 0 Å². The molecule has 124 valence electrons. The lowest BCUT2D eigenvalue weighted by molar-refractivity contribution is -0.133. The number of piperidine rings is 1. The summed E-state index contributed by atoms with van der Waals surface area (Å²) in [7, 11) is 0. The lowest BCUT2D eigenvalue weighted by atomic mass is 10.1. The first-order valence-corrected chi connectivity index (χ1v) is 8.40. The fraction of sp³-hybridized carbons (Fsp3) is 0.812. The smallest absolute Gasteiger partial charge is 0.222 e. The van der Waals surface area contributed by atoms with Crippen LogP contribution in [0.2, 0.25) is 0 Å². The molecular weight excluding hydrogens is 280 g/mol. The number of aromatic nitrogens is 3. The minimum Gasteiger partial charge on any atom is -0.391 e. The number of nitrogens with zero attached hydrogens (tertiary/aromatic N) is 4. The Balaban J connectivity index is 2.05. The predicted octanol–water partition coefficient (Wildman–Crippen LogP) is 1.73. The van der Waals surface area contributed by atoms with Crippen LogP contribution in [-0.4, -0.2) is 49.9 Å². The van der Waals surface area contributed by atoms with E-state index in [2.05, 4.69) is 23.9 Å². The molecule has 1 aromatic rings. The SMILES string of the molecule is CC[C@H](O)Cn1nc(C(C)C)nc1CCN1CCCCC1=O. The molecule has 1 aliphatic heterocycles. The Labute approximate surface area is 132 Å². The molecule has 2 rings (SSSR count). The molecule has 6 nitrogen and oxygen atoms in total. The Bertz CT molecular complexity index is 498. The average Bonchev–Trinajstić information content (AvgIpc) is 2.89. The summed E-state index contributed by atoms with van der Waals surface area (Å²) in [4.78, 5) is 18.4. The van der Waals surface area contributed by atoms with Crippen molar-refractivity contribution in [1.29, 1.82) is 0 Å². The van der Waals surface area contributed by atoms with E-state index in [4.69, 9.17) is 0 Å². The molecule has 1 fully saturated rings. The lowest BCUT2D eigenvalue weighted by Crippen LogP contribution is -2.37. The van der Waals surface area contributed by atoms with Crippen molar-refractivity contribution >= 4 is 5.91 Å². The summed E-state index contributed by atoms with van der Waals surface area (Å²) in [6, 6.07) is 0. The van der Waals surface area contributed by atoms with Crippen LogP contribution in [0.4, 0.5) is 0 Å². The molecule has 0 radical (unpaired) electrons. The molecule has 1 aromatic heterocycles. The Morgan fingerprint density at radius 1 is 1.32 bits per heavy atom. The van der Waals surface area contributed by atoms with Crippen LogP contribution in [0.3, 0.4) is 0 Å². The second kappa shape index (κ2) is 7.72. The fourth-order valence-corrected chi connectivity index (χ4v) is 2.63. The molecular formula is C16H28N4O2. The van der Waals surface area contributed by atoms with Crippen molar-refractivity contribution in [3.05, 3.63) is 11.6 Å². The molecule has 0 bridgehead atoms. The summed E-state index contributed by atoms with van der Waals surface area (Å²) in [6.45, 7) is 8.09. The highest BCUT2D eigenvalue weighted by Crippen LogP contribution is 2.14. The van der Waals surface area contributed by atoms with Gasteiger partial charge in [-0.1, -0.05) is 20.8 Å². The van der Waals surface area contributed by atoms with E-state index in [1.54, 1.807) is 0 Å². The molecule has 0 aliphatic carbocycles. The molecule has 1 N–H and O–H groups in total. The van der Waals surface area contributed by atoms with E-state index >= 15 is 0 Å². The summed E-state index contributed by atoms with van der Waals surface area (Å²) >= 11 is 0. The van der Waals surface area contributed by atoms with E-state index in [1.807, 2.05) is 16.5 Å². The van der Waals surface area contributed by atoms with Gasteiger partial charge in [0.2, 0.25) is 5.91 Å². The number of amides is 1. The minimum atomic E-state index is -0.405. The van der Waals surface area contributed by atoms with Crippen LogP contribution in [0.25, 0.3) is 0 Å². The molecule has 2 heterocycles. The number of aliphatic hydroxyl groups excluding tert-OH is 1. The third kappa shape index (κ3) is 4.29. The van der Waals surface area contributed by atoms with Crippen LogP contribution in [-0.2, 0) is 17.8 Å². The van der Waals surface area contributed by atoms with Gasteiger partial charge in [-0.2, -0.15) is 5.10 Å². The van der Waals surface area contributed by atoms with Crippen molar-refractivity contribution in [2.75, 3.05) is 13.1 Å². The Morgan fingerprint density at radius 3 is 2.73 bits per heavy atom. The summed E-state index contributed by atoms with van der Waals surface area (Å²) in [5.74, 6) is 2.18. The topological polar surface area (TPSA) is 71.2 Å². The van der Waals surface area contributed by atoms with Gasteiger partial charge in [0.05, 0.1) is 12.6 Å². The van der Waals surface area contributed by atoms with Crippen molar-refractivity contribution in [2.24, 2.45) is 0 Å². The highest BCUT2D eigenvalue weighted by molar-refractivity contribution is 5.76. The number of carbonyl (C=O) groups is 1. The maximum absolute atomic E-state index is 11.9. The second-order valence-electron chi connectivity index (χ2n) is 6.37. The van der Waals surface area contributed by atoms with Crippen molar-refractivity contribution in [2.45, 2.75) is 71.4 Å². The van der Waals surface area contributed by atoms with Crippen molar-refractivity contribution in [3.63, 3.8) is 0 Å². The Kier molecular flexibility index (Phi) is 5.94. The van der Waals surface area contributed by atoms with E-state index in [0.717, 1.165) is 31.0 Å². The molecule has 0 saturated carbocycles. The van der Waals surface area contributed by atoms with Gasteiger partial charge < -0.3 is 10.0 Å². The number of rotatable bonds is 7. The van der Waals surface area contributed by atoms with E-state index < -0.39 is 6.10 Å². The van der Waals surface area contributed by atoms with Crippen molar-refractivity contribution in [1.82, 2.24) is 19.7 Å². The molecule has 1 saturated heterocycles. The van der Waals surface area contributed by atoms with Gasteiger partial charge in [-0.25, -0.2) is 9.67 Å². The van der Waals surface area contributed by atoms with Gasteiger partial charge >= 0.3 is 0 Å². The monoisotopic (exact) mass is 308 g/mol.